The van der Waals surface area contributed by atoms with Gasteiger partial charge in [0, 0.05) is 44.6 Å². The highest BCUT2D eigenvalue weighted by Crippen LogP contribution is 2.30. The van der Waals surface area contributed by atoms with E-state index in [4.69, 9.17) is 4.74 Å². The molecule has 1 saturated heterocycles. The fourth-order valence-corrected chi connectivity index (χ4v) is 5.59. The zero-order valence-electron chi connectivity index (χ0n) is 24.4. The Hall–Kier alpha value is -3.44. The number of nitrogens with zero attached hydrogens (tertiary/aromatic N) is 4. The Bertz CT molecular complexity index is 1360. The number of alkyl halides is 3. The summed E-state index contributed by atoms with van der Waals surface area (Å²) < 4.78 is 45.2. The Morgan fingerprint density at radius 2 is 1.55 bits per heavy atom. The summed E-state index contributed by atoms with van der Waals surface area (Å²) in [5.74, 6) is -0.205. The van der Waals surface area contributed by atoms with E-state index in [1.807, 2.05) is 17.0 Å². The van der Waals surface area contributed by atoms with Crippen molar-refractivity contribution >= 4 is 23.3 Å². The third-order valence-corrected chi connectivity index (χ3v) is 7.94. The van der Waals surface area contributed by atoms with Gasteiger partial charge in [-0.3, -0.25) is 9.69 Å². The lowest BCUT2D eigenvalue weighted by atomic mass is 9.87. The van der Waals surface area contributed by atoms with Crippen LogP contribution in [0.15, 0.2) is 53.9 Å². The summed E-state index contributed by atoms with van der Waals surface area (Å²) in [5, 5.41) is 2.41. The van der Waals surface area contributed by atoms with Gasteiger partial charge >= 0.3 is 12.3 Å². The molecule has 11 heteroatoms. The molecular weight excluding hydrogens is 565 g/mol. The van der Waals surface area contributed by atoms with Gasteiger partial charge in [0.25, 0.3) is 5.91 Å². The summed E-state index contributed by atoms with van der Waals surface area (Å²) in [5.41, 5.74) is 2.42. The molecule has 3 aromatic rings. The molecule has 0 bridgehead atoms. The highest BCUT2D eigenvalue weighted by molar-refractivity contribution is 7.09. The van der Waals surface area contributed by atoms with Crippen LogP contribution in [0, 0.1) is 0 Å². The predicted molar refractivity (Wildman–Crippen MR) is 156 cm³/mol. The monoisotopic (exact) mass is 602 g/mol. The van der Waals surface area contributed by atoms with Gasteiger partial charge in [-0.1, -0.05) is 63.2 Å². The molecule has 0 saturated carbocycles. The number of aromatic nitrogens is 1. The van der Waals surface area contributed by atoms with Gasteiger partial charge in [-0.2, -0.15) is 13.2 Å². The molecule has 0 atom stereocenters. The first-order chi connectivity index (χ1) is 19.8. The number of rotatable bonds is 8. The Morgan fingerprint density at radius 1 is 0.905 bits per heavy atom. The number of hydrogen-bond acceptors (Lipinski definition) is 6. The van der Waals surface area contributed by atoms with E-state index in [0.717, 1.165) is 11.6 Å². The van der Waals surface area contributed by atoms with E-state index < -0.39 is 11.7 Å². The van der Waals surface area contributed by atoms with E-state index in [1.165, 1.54) is 29.0 Å². The van der Waals surface area contributed by atoms with Crippen LogP contribution < -0.4 is 0 Å². The van der Waals surface area contributed by atoms with Gasteiger partial charge in [0.15, 0.2) is 0 Å². The molecule has 1 aliphatic rings. The minimum absolute atomic E-state index is 0.00549. The first kappa shape index (κ1) is 31.5. The SMILES string of the molecule is CCOC(=O)N1CCN(C(=O)c2csc(CN(Cc3ccc(C(C)(C)C)cc3)Cc3cccc(C(F)(F)F)c3)n2)CC1. The summed E-state index contributed by atoms with van der Waals surface area (Å²) in [6, 6.07) is 13.6. The second-order valence-electron chi connectivity index (χ2n) is 11.4. The quantitative estimate of drug-likeness (QED) is 0.292. The number of thiazole rings is 1. The molecule has 1 aromatic heterocycles. The van der Waals surface area contributed by atoms with Gasteiger partial charge in [0.05, 0.1) is 18.7 Å². The average molecular weight is 603 g/mol. The van der Waals surface area contributed by atoms with Crippen molar-refractivity contribution in [3.63, 3.8) is 0 Å². The van der Waals surface area contributed by atoms with Crippen LogP contribution in [0.4, 0.5) is 18.0 Å². The number of carbonyl (C=O) groups excluding carboxylic acids is 2. The van der Waals surface area contributed by atoms with Gasteiger partial charge in [-0.05, 0) is 35.1 Å². The number of carbonyl (C=O) groups is 2. The minimum Gasteiger partial charge on any atom is -0.450 e. The third-order valence-electron chi connectivity index (χ3n) is 7.11. The molecule has 42 heavy (non-hydrogen) atoms. The Balaban J connectivity index is 1.48. The number of amides is 2. The largest absolute Gasteiger partial charge is 0.450 e. The van der Waals surface area contributed by atoms with Gasteiger partial charge in [-0.15, -0.1) is 11.3 Å². The summed E-state index contributed by atoms with van der Waals surface area (Å²) >= 11 is 1.35. The van der Waals surface area contributed by atoms with E-state index >= 15 is 0 Å². The number of piperazine rings is 1. The van der Waals surface area contributed by atoms with Crippen LogP contribution in [-0.4, -0.2) is 64.5 Å². The van der Waals surface area contributed by atoms with Crippen LogP contribution in [-0.2, 0) is 36.0 Å². The molecule has 0 spiro atoms. The summed E-state index contributed by atoms with van der Waals surface area (Å²) in [6.45, 7) is 11.2. The molecule has 7 nitrogen and oxygen atoms in total. The molecule has 0 N–H and O–H groups in total. The van der Waals surface area contributed by atoms with Crippen molar-refractivity contribution < 1.29 is 27.5 Å². The molecule has 4 rings (SSSR count). The molecule has 0 aliphatic carbocycles. The number of hydrogen-bond donors (Lipinski definition) is 0. The predicted octanol–water partition coefficient (Wildman–Crippen LogP) is 6.58. The van der Waals surface area contributed by atoms with Crippen molar-refractivity contribution in [2.24, 2.45) is 0 Å². The maximum atomic E-state index is 13.4. The maximum absolute atomic E-state index is 13.4. The van der Waals surface area contributed by atoms with E-state index in [1.54, 1.807) is 28.2 Å². The molecule has 0 radical (unpaired) electrons. The standard InChI is InChI=1S/C31H37F3N4O3S/c1-5-41-29(40)38-15-13-37(14-16-38)28(39)26-21-42-27(35-26)20-36(18-22-9-11-24(12-10-22)30(2,3)4)19-23-7-6-8-25(17-23)31(32,33)34/h6-12,17,21H,5,13-16,18-20H2,1-4H3. The summed E-state index contributed by atoms with van der Waals surface area (Å²) in [6.07, 6.45) is -4.80. The normalized spacial score (nSPS) is 14.4. The molecule has 2 heterocycles. The lowest BCUT2D eigenvalue weighted by Crippen LogP contribution is -2.50. The molecular formula is C31H37F3N4O3S. The highest BCUT2D eigenvalue weighted by Gasteiger charge is 2.31. The van der Waals surface area contributed by atoms with Crippen molar-refractivity contribution in [3.05, 3.63) is 86.9 Å². The molecule has 1 aliphatic heterocycles. The lowest BCUT2D eigenvalue weighted by Gasteiger charge is -2.33. The van der Waals surface area contributed by atoms with Crippen molar-refractivity contribution in [3.8, 4) is 0 Å². The van der Waals surface area contributed by atoms with Crippen LogP contribution in [0.5, 0.6) is 0 Å². The van der Waals surface area contributed by atoms with E-state index in [0.29, 0.717) is 62.1 Å². The van der Waals surface area contributed by atoms with Crippen LogP contribution in [0.1, 0.15) is 65.4 Å². The van der Waals surface area contributed by atoms with E-state index in [9.17, 15) is 22.8 Å². The van der Waals surface area contributed by atoms with Crippen molar-refractivity contribution in [1.29, 1.82) is 0 Å². The average Bonchev–Trinajstić information content (AvgIpc) is 3.41. The van der Waals surface area contributed by atoms with Gasteiger partial charge in [0.2, 0.25) is 0 Å². The second-order valence-corrected chi connectivity index (χ2v) is 12.3. The number of ether oxygens (including phenoxy) is 1. The van der Waals surface area contributed by atoms with Gasteiger partial charge in [-0.25, -0.2) is 9.78 Å². The molecule has 2 aromatic carbocycles. The Kier molecular flexibility index (Phi) is 9.93. The maximum Gasteiger partial charge on any atom is 0.416 e. The summed E-state index contributed by atoms with van der Waals surface area (Å²) in [4.78, 5) is 35.0. The van der Waals surface area contributed by atoms with Gasteiger partial charge < -0.3 is 14.5 Å². The Labute approximate surface area is 248 Å². The minimum atomic E-state index is -4.42. The van der Waals surface area contributed by atoms with Crippen molar-refractivity contribution in [2.45, 2.75) is 58.9 Å². The van der Waals surface area contributed by atoms with Crippen molar-refractivity contribution in [2.75, 3.05) is 32.8 Å². The van der Waals surface area contributed by atoms with Crippen LogP contribution in [0.25, 0.3) is 0 Å². The van der Waals surface area contributed by atoms with Crippen LogP contribution >= 0.6 is 11.3 Å². The molecule has 1 fully saturated rings. The fourth-order valence-electron chi connectivity index (χ4n) is 4.78. The number of halogens is 3. The Morgan fingerprint density at radius 3 is 2.17 bits per heavy atom. The zero-order valence-corrected chi connectivity index (χ0v) is 25.2. The molecule has 2 amide bonds. The van der Waals surface area contributed by atoms with Crippen LogP contribution in [0.2, 0.25) is 0 Å². The van der Waals surface area contributed by atoms with Gasteiger partial charge in [0.1, 0.15) is 10.7 Å². The lowest BCUT2D eigenvalue weighted by molar-refractivity contribution is -0.137. The summed E-state index contributed by atoms with van der Waals surface area (Å²) in [7, 11) is 0. The smallest absolute Gasteiger partial charge is 0.416 e. The van der Waals surface area contributed by atoms with E-state index in [-0.39, 0.29) is 24.0 Å². The zero-order chi connectivity index (χ0) is 30.5. The molecule has 0 unspecified atom stereocenters. The van der Waals surface area contributed by atoms with Crippen molar-refractivity contribution in [1.82, 2.24) is 19.7 Å². The third kappa shape index (κ3) is 8.32. The highest BCUT2D eigenvalue weighted by atomic mass is 32.1. The first-order valence-electron chi connectivity index (χ1n) is 14.0. The van der Waals surface area contributed by atoms with E-state index in [2.05, 4.69) is 37.9 Å². The number of benzene rings is 2. The second kappa shape index (κ2) is 13.2. The first-order valence-corrected chi connectivity index (χ1v) is 14.8. The fraction of sp³-hybridized carbons (Fsp3) is 0.452. The van der Waals surface area contributed by atoms with Crippen LogP contribution in [0.3, 0.4) is 0 Å². The molecule has 226 valence electrons. The topological polar surface area (TPSA) is 66.0 Å².